The van der Waals surface area contributed by atoms with Crippen LogP contribution in [0.1, 0.15) is 19.3 Å². The summed E-state index contributed by atoms with van der Waals surface area (Å²) in [6.45, 7) is 1.61. The van der Waals surface area contributed by atoms with Crippen LogP contribution in [-0.4, -0.2) is 46.9 Å². The number of hydrogen-bond acceptors (Lipinski definition) is 7. The molecule has 0 atom stereocenters. The summed E-state index contributed by atoms with van der Waals surface area (Å²) < 4.78 is 38.8. The standard InChI is InChI=1S/C19H27N3O6S/c1-21-15-11-18(27-3)17(26-2)10-14(15)16(12-19(21)23)22-7-4-13(5-8-22)6-9-28-29(20,24)25/h10-13H,4-9H2,1-3H3,(H2,20,24,25). The largest absolute Gasteiger partial charge is 0.493 e. The maximum absolute atomic E-state index is 12.5. The van der Waals surface area contributed by atoms with Crippen LogP contribution in [0.2, 0.25) is 0 Å². The number of pyridine rings is 1. The van der Waals surface area contributed by atoms with Crippen molar-refractivity contribution in [3.63, 3.8) is 0 Å². The Labute approximate surface area is 170 Å². The minimum absolute atomic E-state index is 0.0926. The Balaban J connectivity index is 1.83. The first-order valence-corrected chi connectivity index (χ1v) is 10.9. The number of benzene rings is 1. The number of piperidine rings is 1. The van der Waals surface area contributed by atoms with Crippen molar-refractivity contribution in [1.82, 2.24) is 4.57 Å². The molecule has 2 N–H and O–H groups in total. The first kappa shape index (κ1) is 21.4. The molecule has 9 nitrogen and oxygen atoms in total. The third-order valence-electron chi connectivity index (χ3n) is 5.46. The fourth-order valence-corrected chi connectivity index (χ4v) is 4.14. The van der Waals surface area contributed by atoms with Gasteiger partial charge in [-0.05, 0) is 31.2 Å². The van der Waals surface area contributed by atoms with Gasteiger partial charge >= 0.3 is 10.3 Å². The number of ether oxygens (including phenoxy) is 2. The van der Waals surface area contributed by atoms with Gasteiger partial charge in [-0.15, -0.1) is 0 Å². The molecular formula is C19H27N3O6S. The minimum atomic E-state index is -3.89. The molecule has 29 heavy (non-hydrogen) atoms. The number of aromatic nitrogens is 1. The Kier molecular flexibility index (Phi) is 6.35. The minimum Gasteiger partial charge on any atom is -0.493 e. The number of methoxy groups -OCH3 is 2. The molecule has 1 aliphatic heterocycles. The Morgan fingerprint density at radius 2 is 1.72 bits per heavy atom. The lowest BCUT2D eigenvalue weighted by atomic mass is 9.93. The van der Waals surface area contributed by atoms with Crippen molar-refractivity contribution in [3.8, 4) is 11.5 Å². The molecule has 160 valence electrons. The normalized spacial score (nSPS) is 15.7. The number of fused-ring (bicyclic) bond motifs is 1. The summed E-state index contributed by atoms with van der Waals surface area (Å²) >= 11 is 0. The average Bonchev–Trinajstić information content (AvgIpc) is 2.69. The van der Waals surface area contributed by atoms with Crippen molar-refractivity contribution in [3.05, 3.63) is 28.6 Å². The molecular weight excluding hydrogens is 398 g/mol. The van der Waals surface area contributed by atoms with E-state index in [1.165, 1.54) is 0 Å². The molecule has 3 rings (SSSR count). The molecule has 1 aliphatic rings. The first-order chi connectivity index (χ1) is 13.7. The molecule has 1 fully saturated rings. The highest BCUT2D eigenvalue weighted by Gasteiger charge is 2.23. The average molecular weight is 426 g/mol. The lowest BCUT2D eigenvalue weighted by Gasteiger charge is -2.34. The third kappa shape index (κ3) is 4.82. The number of rotatable bonds is 7. The fourth-order valence-electron chi connectivity index (χ4n) is 3.82. The van der Waals surface area contributed by atoms with Crippen molar-refractivity contribution in [2.75, 3.05) is 38.8 Å². The quantitative estimate of drug-likeness (QED) is 0.713. The van der Waals surface area contributed by atoms with Crippen LogP contribution in [0.5, 0.6) is 11.5 Å². The predicted molar refractivity (Wildman–Crippen MR) is 111 cm³/mol. The van der Waals surface area contributed by atoms with Crippen molar-refractivity contribution in [1.29, 1.82) is 0 Å². The molecule has 1 saturated heterocycles. The maximum atomic E-state index is 12.5. The van der Waals surface area contributed by atoms with E-state index in [0.717, 1.165) is 42.5 Å². The number of aryl methyl sites for hydroxylation is 1. The number of hydrogen-bond donors (Lipinski definition) is 1. The summed E-state index contributed by atoms with van der Waals surface area (Å²) in [4.78, 5) is 14.7. The Hall–Kier alpha value is -2.30. The zero-order chi connectivity index (χ0) is 21.2. The Morgan fingerprint density at radius 1 is 1.10 bits per heavy atom. The number of nitrogens with two attached hydrogens (primary N) is 1. The molecule has 1 aromatic carbocycles. The highest BCUT2D eigenvalue weighted by molar-refractivity contribution is 7.84. The second-order valence-electron chi connectivity index (χ2n) is 7.19. The molecule has 1 aromatic heterocycles. The predicted octanol–water partition coefficient (Wildman–Crippen LogP) is 1.38. The summed E-state index contributed by atoms with van der Waals surface area (Å²) in [6.07, 6.45) is 2.38. The summed E-state index contributed by atoms with van der Waals surface area (Å²) in [6, 6.07) is 5.37. The summed E-state index contributed by atoms with van der Waals surface area (Å²) in [5.74, 6) is 1.52. The van der Waals surface area contributed by atoms with Gasteiger partial charge in [-0.2, -0.15) is 8.42 Å². The van der Waals surface area contributed by atoms with Crippen LogP contribution in [0.25, 0.3) is 10.9 Å². The lowest BCUT2D eigenvalue weighted by molar-refractivity contribution is 0.263. The molecule has 2 heterocycles. The van der Waals surface area contributed by atoms with E-state index in [0.29, 0.717) is 23.8 Å². The molecule has 0 unspecified atom stereocenters. The van der Waals surface area contributed by atoms with Gasteiger partial charge in [0.05, 0.1) is 32.0 Å². The van der Waals surface area contributed by atoms with Gasteiger partial charge in [0.2, 0.25) is 0 Å². The van der Waals surface area contributed by atoms with Gasteiger partial charge in [-0.1, -0.05) is 0 Å². The van der Waals surface area contributed by atoms with Crippen LogP contribution in [0.3, 0.4) is 0 Å². The van der Waals surface area contributed by atoms with Crippen molar-refractivity contribution >= 4 is 26.9 Å². The fraction of sp³-hybridized carbons (Fsp3) is 0.526. The van der Waals surface area contributed by atoms with Gasteiger partial charge in [-0.25, -0.2) is 5.14 Å². The lowest BCUT2D eigenvalue weighted by Crippen LogP contribution is -2.35. The van der Waals surface area contributed by atoms with E-state index in [1.807, 2.05) is 12.1 Å². The van der Waals surface area contributed by atoms with Gasteiger partial charge in [0.15, 0.2) is 11.5 Å². The van der Waals surface area contributed by atoms with E-state index < -0.39 is 10.3 Å². The van der Waals surface area contributed by atoms with Gasteiger partial charge in [0.1, 0.15) is 0 Å². The maximum Gasteiger partial charge on any atom is 0.333 e. The molecule has 0 saturated carbocycles. The molecule has 0 aliphatic carbocycles. The van der Waals surface area contributed by atoms with E-state index in [2.05, 4.69) is 9.08 Å². The zero-order valence-electron chi connectivity index (χ0n) is 16.9. The smallest absolute Gasteiger partial charge is 0.333 e. The number of anilines is 1. The van der Waals surface area contributed by atoms with Gasteiger partial charge in [0.25, 0.3) is 5.56 Å². The molecule has 0 radical (unpaired) electrons. The van der Waals surface area contributed by atoms with Gasteiger partial charge in [0, 0.05) is 37.7 Å². The summed E-state index contributed by atoms with van der Waals surface area (Å²) in [7, 11) is 0.990. The van der Waals surface area contributed by atoms with E-state index in [4.69, 9.17) is 14.6 Å². The Bertz CT molecular complexity index is 1040. The SMILES string of the molecule is COc1cc2c(N3CCC(CCOS(N)(=O)=O)CC3)cc(=O)n(C)c2cc1OC. The van der Waals surface area contributed by atoms with Crippen LogP contribution in [0, 0.1) is 5.92 Å². The van der Waals surface area contributed by atoms with Crippen LogP contribution in [0.4, 0.5) is 5.69 Å². The molecule has 0 amide bonds. The van der Waals surface area contributed by atoms with Crippen molar-refractivity contribution in [2.24, 2.45) is 18.1 Å². The van der Waals surface area contributed by atoms with Crippen molar-refractivity contribution in [2.45, 2.75) is 19.3 Å². The molecule has 0 spiro atoms. The van der Waals surface area contributed by atoms with E-state index in [9.17, 15) is 13.2 Å². The van der Waals surface area contributed by atoms with E-state index in [-0.39, 0.29) is 12.2 Å². The highest BCUT2D eigenvalue weighted by Crippen LogP contribution is 2.37. The van der Waals surface area contributed by atoms with Crippen LogP contribution < -0.4 is 25.1 Å². The Morgan fingerprint density at radius 3 is 2.31 bits per heavy atom. The summed E-state index contributed by atoms with van der Waals surface area (Å²) in [5, 5.41) is 5.78. The monoisotopic (exact) mass is 425 g/mol. The molecule has 2 aromatic rings. The highest BCUT2D eigenvalue weighted by atomic mass is 32.2. The second kappa shape index (κ2) is 8.60. The van der Waals surface area contributed by atoms with Gasteiger partial charge in [-0.3, -0.25) is 8.98 Å². The van der Waals surface area contributed by atoms with E-state index >= 15 is 0 Å². The van der Waals surface area contributed by atoms with E-state index in [1.54, 1.807) is 31.9 Å². The van der Waals surface area contributed by atoms with Crippen LogP contribution in [0.15, 0.2) is 23.0 Å². The van der Waals surface area contributed by atoms with Gasteiger partial charge < -0.3 is 18.9 Å². The van der Waals surface area contributed by atoms with Crippen molar-refractivity contribution < 1.29 is 22.1 Å². The van der Waals surface area contributed by atoms with Crippen LogP contribution in [-0.2, 0) is 21.5 Å². The second-order valence-corrected chi connectivity index (χ2v) is 8.41. The molecule has 10 heteroatoms. The first-order valence-electron chi connectivity index (χ1n) is 9.41. The summed E-state index contributed by atoms with van der Waals surface area (Å²) in [5.41, 5.74) is 1.54. The topological polar surface area (TPSA) is 113 Å². The van der Waals surface area contributed by atoms with Crippen LogP contribution >= 0.6 is 0 Å². The molecule has 0 bridgehead atoms. The number of nitrogens with zero attached hydrogens (tertiary/aromatic N) is 2. The zero-order valence-corrected chi connectivity index (χ0v) is 17.7. The third-order valence-corrected chi connectivity index (χ3v) is 5.95.